The van der Waals surface area contributed by atoms with E-state index in [-0.39, 0.29) is 11.3 Å². The molecule has 0 spiro atoms. The number of amides is 1. The molecule has 0 bridgehead atoms. The summed E-state index contributed by atoms with van der Waals surface area (Å²) in [5.41, 5.74) is 2.69. The molecule has 2 aromatic rings. The molecule has 0 aliphatic carbocycles. The number of hydrogen-bond donors (Lipinski definition) is 1. The first kappa shape index (κ1) is 20.8. The van der Waals surface area contributed by atoms with Crippen molar-refractivity contribution in [3.63, 3.8) is 0 Å². The molecular weight excluding hydrogens is 364 g/mol. The van der Waals surface area contributed by atoms with Crippen LogP contribution in [0.4, 0.5) is 0 Å². The van der Waals surface area contributed by atoms with Gasteiger partial charge in [-0.15, -0.1) is 0 Å². The van der Waals surface area contributed by atoms with Crippen LogP contribution in [0.2, 0.25) is 0 Å². The van der Waals surface area contributed by atoms with Gasteiger partial charge in [0.05, 0.1) is 11.6 Å². The van der Waals surface area contributed by atoms with Crippen LogP contribution in [0.15, 0.2) is 60.2 Å². The minimum atomic E-state index is -0.636. The predicted molar refractivity (Wildman–Crippen MR) is 115 cm³/mol. The summed E-state index contributed by atoms with van der Waals surface area (Å²) in [4.78, 5) is 29.3. The maximum atomic E-state index is 12.9. The van der Waals surface area contributed by atoms with Crippen LogP contribution in [0.5, 0.6) is 0 Å². The first-order chi connectivity index (χ1) is 13.8. The fraction of sp³-hybridized carbons (Fsp3) is 0.333. The molecule has 0 unspecified atom stereocenters. The molecular formula is C24H28N2O3. The lowest BCUT2D eigenvalue weighted by Gasteiger charge is -2.27. The highest BCUT2D eigenvalue weighted by Crippen LogP contribution is 2.39. The van der Waals surface area contributed by atoms with Crippen LogP contribution in [0.3, 0.4) is 0 Å². The minimum absolute atomic E-state index is 0.130. The van der Waals surface area contributed by atoms with Gasteiger partial charge in [0.25, 0.3) is 11.7 Å². The van der Waals surface area contributed by atoms with Crippen LogP contribution in [-0.4, -0.2) is 53.8 Å². The first-order valence-electron chi connectivity index (χ1n) is 9.89. The van der Waals surface area contributed by atoms with Gasteiger partial charge < -0.3 is 14.9 Å². The predicted octanol–water partition coefficient (Wildman–Crippen LogP) is 3.79. The molecule has 29 heavy (non-hydrogen) atoms. The van der Waals surface area contributed by atoms with Crippen LogP contribution in [-0.2, 0) is 9.59 Å². The summed E-state index contributed by atoms with van der Waals surface area (Å²) in [6.45, 7) is 5.26. The van der Waals surface area contributed by atoms with Crippen molar-refractivity contribution in [1.82, 2.24) is 9.80 Å². The van der Waals surface area contributed by atoms with E-state index in [9.17, 15) is 14.7 Å². The van der Waals surface area contributed by atoms with Gasteiger partial charge in [-0.1, -0.05) is 68.4 Å². The number of aliphatic hydroxyl groups excluding tert-OH is 1. The highest BCUT2D eigenvalue weighted by molar-refractivity contribution is 6.46. The number of hydrogen-bond acceptors (Lipinski definition) is 4. The van der Waals surface area contributed by atoms with Gasteiger partial charge in [0.2, 0.25) is 0 Å². The zero-order valence-electron chi connectivity index (χ0n) is 17.4. The highest BCUT2D eigenvalue weighted by atomic mass is 16.3. The normalized spacial score (nSPS) is 18.8. The molecule has 1 heterocycles. The standard InChI is InChI=1S/C24H28N2O3/c1-16(2)17-10-12-18(13-11-17)21-20(22(27)19-8-6-5-7-9-19)23(28)24(29)26(21)15-14-25(3)4/h5-13,16,21,27H,14-15H2,1-4H3/t21-/m1/s1. The average molecular weight is 392 g/mol. The molecule has 0 saturated carbocycles. The van der Waals surface area contributed by atoms with Crippen molar-refractivity contribution in [3.8, 4) is 0 Å². The van der Waals surface area contributed by atoms with E-state index in [1.165, 1.54) is 5.56 Å². The van der Waals surface area contributed by atoms with E-state index in [4.69, 9.17) is 0 Å². The van der Waals surface area contributed by atoms with Crippen molar-refractivity contribution in [2.45, 2.75) is 25.8 Å². The zero-order chi connectivity index (χ0) is 21.1. The Morgan fingerprint density at radius 2 is 1.66 bits per heavy atom. The number of benzene rings is 2. The van der Waals surface area contributed by atoms with Crippen molar-refractivity contribution >= 4 is 17.4 Å². The number of likely N-dealkylation sites (N-methyl/N-ethyl adjacent to an activating group) is 1. The molecule has 0 aromatic heterocycles. The van der Waals surface area contributed by atoms with E-state index in [0.717, 1.165) is 5.56 Å². The molecule has 5 nitrogen and oxygen atoms in total. The van der Waals surface area contributed by atoms with Crippen molar-refractivity contribution < 1.29 is 14.7 Å². The number of likely N-dealkylation sites (tertiary alicyclic amines) is 1. The summed E-state index contributed by atoms with van der Waals surface area (Å²) < 4.78 is 0. The zero-order valence-corrected chi connectivity index (χ0v) is 17.4. The quantitative estimate of drug-likeness (QED) is 0.462. The number of ketones is 1. The van der Waals surface area contributed by atoms with Gasteiger partial charge in [0, 0.05) is 18.7 Å². The maximum absolute atomic E-state index is 12.9. The molecule has 1 N–H and O–H groups in total. The fourth-order valence-corrected chi connectivity index (χ4v) is 3.58. The second-order valence-corrected chi connectivity index (χ2v) is 7.98. The Morgan fingerprint density at radius 1 is 1.03 bits per heavy atom. The Kier molecular flexibility index (Phi) is 6.18. The molecule has 1 atom stereocenters. The Bertz CT molecular complexity index is 915. The van der Waals surface area contributed by atoms with Gasteiger partial charge in [-0.25, -0.2) is 0 Å². The van der Waals surface area contributed by atoms with Crippen LogP contribution >= 0.6 is 0 Å². The van der Waals surface area contributed by atoms with E-state index >= 15 is 0 Å². The lowest BCUT2D eigenvalue weighted by Crippen LogP contribution is -2.35. The fourth-order valence-electron chi connectivity index (χ4n) is 3.58. The Morgan fingerprint density at radius 3 is 2.21 bits per heavy atom. The second-order valence-electron chi connectivity index (χ2n) is 7.98. The third-order valence-corrected chi connectivity index (χ3v) is 5.29. The number of aliphatic hydroxyl groups is 1. The number of Topliss-reactive ketones (excluding diaryl/α,β-unsaturated/α-hetero) is 1. The number of rotatable bonds is 6. The largest absolute Gasteiger partial charge is 0.507 e. The summed E-state index contributed by atoms with van der Waals surface area (Å²) in [5.74, 6) is -0.951. The highest BCUT2D eigenvalue weighted by Gasteiger charge is 2.45. The van der Waals surface area contributed by atoms with Crippen molar-refractivity contribution in [1.29, 1.82) is 0 Å². The molecule has 1 amide bonds. The van der Waals surface area contributed by atoms with Crippen LogP contribution in [0.25, 0.3) is 5.76 Å². The topological polar surface area (TPSA) is 60.9 Å². The summed E-state index contributed by atoms with van der Waals surface area (Å²) in [6, 6.07) is 16.3. The summed E-state index contributed by atoms with van der Waals surface area (Å²) in [6.07, 6.45) is 0. The van der Waals surface area contributed by atoms with Crippen molar-refractivity contribution in [2.24, 2.45) is 0 Å². The average Bonchev–Trinajstić information content (AvgIpc) is 2.97. The number of carbonyl (C=O) groups excluding carboxylic acids is 2. The third kappa shape index (κ3) is 4.25. The summed E-state index contributed by atoms with van der Waals surface area (Å²) in [7, 11) is 3.85. The molecule has 1 fully saturated rings. The van der Waals surface area contributed by atoms with Gasteiger partial charge in [-0.3, -0.25) is 9.59 Å². The van der Waals surface area contributed by atoms with E-state index < -0.39 is 17.7 Å². The van der Waals surface area contributed by atoms with Gasteiger partial charge in [0.1, 0.15) is 5.76 Å². The van der Waals surface area contributed by atoms with E-state index in [2.05, 4.69) is 13.8 Å². The van der Waals surface area contributed by atoms with Gasteiger partial charge in [-0.2, -0.15) is 0 Å². The Balaban J connectivity index is 2.11. The minimum Gasteiger partial charge on any atom is -0.507 e. The molecule has 2 aromatic carbocycles. The van der Waals surface area contributed by atoms with Gasteiger partial charge in [0.15, 0.2) is 0 Å². The molecule has 0 radical (unpaired) electrons. The van der Waals surface area contributed by atoms with Gasteiger partial charge in [-0.05, 0) is 31.1 Å². The van der Waals surface area contributed by atoms with E-state index in [0.29, 0.717) is 24.6 Å². The van der Waals surface area contributed by atoms with Crippen LogP contribution in [0, 0.1) is 0 Å². The summed E-state index contributed by atoms with van der Waals surface area (Å²) >= 11 is 0. The SMILES string of the molecule is CC(C)c1ccc([C@@H]2C(=C(O)c3ccccc3)C(=O)C(=O)N2CCN(C)C)cc1. The smallest absolute Gasteiger partial charge is 0.295 e. The van der Waals surface area contributed by atoms with Crippen molar-refractivity contribution in [3.05, 3.63) is 76.9 Å². The Labute approximate surface area is 172 Å². The van der Waals surface area contributed by atoms with Crippen molar-refractivity contribution in [2.75, 3.05) is 27.2 Å². The number of carbonyl (C=O) groups is 2. The maximum Gasteiger partial charge on any atom is 0.295 e. The lowest BCUT2D eigenvalue weighted by atomic mass is 9.93. The van der Waals surface area contributed by atoms with Gasteiger partial charge >= 0.3 is 0 Å². The van der Waals surface area contributed by atoms with E-state index in [1.54, 1.807) is 29.2 Å². The number of nitrogens with zero attached hydrogens (tertiary/aromatic N) is 2. The first-order valence-corrected chi connectivity index (χ1v) is 9.89. The summed E-state index contributed by atoms with van der Waals surface area (Å²) in [5, 5.41) is 10.9. The molecule has 152 valence electrons. The van der Waals surface area contributed by atoms with E-state index in [1.807, 2.05) is 49.3 Å². The second kappa shape index (κ2) is 8.62. The van der Waals surface area contributed by atoms with Crippen LogP contribution in [0.1, 0.15) is 42.5 Å². The Hall–Kier alpha value is -2.92. The lowest BCUT2D eigenvalue weighted by molar-refractivity contribution is -0.140. The van der Waals surface area contributed by atoms with Crippen LogP contribution < -0.4 is 0 Å². The molecule has 1 saturated heterocycles. The molecule has 1 aliphatic heterocycles. The molecule has 5 heteroatoms. The third-order valence-electron chi connectivity index (χ3n) is 5.29. The molecule has 3 rings (SSSR count). The monoisotopic (exact) mass is 392 g/mol. The molecule has 1 aliphatic rings.